The number of halogens is 1. The van der Waals surface area contributed by atoms with Gasteiger partial charge in [-0.2, -0.15) is 0 Å². The van der Waals surface area contributed by atoms with E-state index >= 15 is 0 Å². The van der Waals surface area contributed by atoms with Gasteiger partial charge in [-0.3, -0.25) is 0 Å². The van der Waals surface area contributed by atoms with Gasteiger partial charge < -0.3 is 5.32 Å². The van der Waals surface area contributed by atoms with Gasteiger partial charge in [-0.15, -0.1) is 11.3 Å². The third-order valence-electron chi connectivity index (χ3n) is 4.04. The van der Waals surface area contributed by atoms with Crippen LogP contribution < -0.4 is 5.32 Å². The van der Waals surface area contributed by atoms with Crippen LogP contribution in [0, 0.1) is 5.92 Å². The normalized spacial score (nSPS) is 21.1. The highest BCUT2D eigenvalue weighted by Gasteiger charge is 2.31. The minimum Gasteiger partial charge on any atom is -0.310 e. The van der Waals surface area contributed by atoms with Crippen molar-refractivity contribution in [1.29, 1.82) is 0 Å². The molecular formula is C17H20BrNS. The van der Waals surface area contributed by atoms with E-state index in [1.54, 1.807) is 0 Å². The molecule has 1 heterocycles. The van der Waals surface area contributed by atoms with Gasteiger partial charge in [-0.1, -0.05) is 31.2 Å². The van der Waals surface area contributed by atoms with Crippen molar-refractivity contribution >= 4 is 27.3 Å². The zero-order valence-corrected chi connectivity index (χ0v) is 14.1. The number of thiophene rings is 1. The number of benzene rings is 1. The van der Waals surface area contributed by atoms with Gasteiger partial charge in [-0.05, 0) is 64.8 Å². The lowest BCUT2D eigenvalue weighted by Gasteiger charge is -2.21. The molecule has 0 saturated heterocycles. The van der Waals surface area contributed by atoms with Gasteiger partial charge in [0.2, 0.25) is 0 Å². The van der Waals surface area contributed by atoms with Crippen LogP contribution in [0.5, 0.6) is 0 Å². The van der Waals surface area contributed by atoms with E-state index in [1.807, 2.05) is 11.3 Å². The molecule has 0 aliphatic heterocycles. The van der Waals surface area contributed by atoms with Gasteiger partial charge in [0, 0.05) is 20.8 Å². The number of hydrogen-bond donors (Lipinski definition) is 1. The van der Waals surface area contributed by atoms with Crippen LogP contribution in [0.3, 0.4) is 0 Å². The smallest absolute Gasteiger partial charge is 0.0358 e. The first-order valence-electron chi connectivity index (χ1n) is 7.32. The van der Waals surface area contributed by atoms with E-state index < -0.39 is 0 Å². The van der Waals surface area contributed by atoms with Crippen molar-refractivity contribution in [2.45, 2.75) is 32.2 Å². The maximum atomic E-state index is 3.76. The molecule has 0 spiro atoms. The molecular weight excluding hydrogens is 330 g/mol. The molecule has 1 aromatic carbocycles. The van der Waals surface area contributed by atoms with Gasteiger partial charge in [0.25, 0.3) is 0 Å². The van der Waals surface area contributed by atoms with Crippen molar-refractivity contribution in [2.75, 3.05) is 6.54 Å². The number of rotatable bonds is 5. The molecule has 1 N–H and O–H groups in total. The Balaban J connectivity index is 1.79. The molecule has 2 atom stereocenters. The molecule has 0 amide bonds. The van der Waals surface area contributed by atoms with E-state index in [1.165, 1.54) is 39.7 Å². The summed E-state index contributed by atoms with van der Waals surface area (Å²) >= 11 is 5.43. The molecule has 1 nitrogen and oxygen atoms in total. The lowest BCUT2D eigenvalue weighted by molar-refractivity contribution is 0.389. The second-order valence-electron chi connectivity index (χ2n) is 5.53. The predicted octanol–water partition coefficient (Wildman–Crippen LogP) is 4.97. The Kier molecular flexibility index (Phi) is 4.59. The molecule has 0 saturated carbocycles. The van der Waals surface area contributed by atoms with Gasteiger partial charge >= 0.3 is 0 Å². The second kappa shape index (κ2) is 6.42. The summed E-state index contributed by atoms with van der Waals surface area (Å²) in [6, 6.07) is 11.7. The lowest BCUT2D eigenvalue weighted by Crippen LogP contribution is -2.27. The maximum Gasteiger partial charge on any atom is 0.0358 e. The molecule has 3 rings (SSSR count). The maximum absolute atomic E-state index is 3.76. The first kappa shape index (κ1) is 14.3. The van der Waals surface area contributed by atoms with Crippen LogP contribution in [-0.4, -0.2) is 6.54 Å². The summed E-state index contributed by atoms with van der Waals surface area (Å²) in [5.74, 6) is 0.685. The predicted molar refractivity (Wildman–Crippen MR) is 90.4 cm³/mol. The van der Waals surface area contributed by atoms with Crippen molar-refractivity contribution in [1.82, 2.24) is 5.32 Å². The third-order valence-corrected chi connectivity index (χ3v) is 5.76. The lowest BCUT2D eigenvalue weighted by atomic mass is 9.96. The van der Waals surface area contributed by atoms with E-state index in [4.69, 9.17) is 0 Å². The molecule has 20 heavy (non-hydrogen) atoms. The highest BCUT2D eigenvalue weighted by atomic mass is 79.9. The van der Waals surface area contributed by atoms with E-state index in [0.29, 0.717) is 12.0 Å². The van der Waals surface area contributed by atoms with Crippen LogP contribution >= 0.6 is 27.3 Å². The molecule has 2 unspecified atom stereocenters. The first-order valence-corrected chi connectivity index (χ1v) is 8.99. The van der Waals surface area contributed by atoms with E-state index in [9.17, 15) is 0 Å². The zero-order chi connectivity index (χ0) is 13.9. The fraction of sp³-hybridized carbons (Fsp3) is 0.412. The summed E-state index contributed by atoms with van der Waals surface area (Å²) in [5.41, 5.74) is 3.04. The molecule has 1 aliphatic carbocycles. The molecule has 106 valence electrons. The monoisotopic (exact) mass is 349 g/mol. The van der Waals surface area contributed by atoms with Crippen molar-refractivity contribution in [2.24, 2.45) is 5.92 Å². The summed E-state index contributed by atoms with van der Waals surface area (Å²) in [6.45, 7) is 3.34. The van der Waals surface area contributed by atoms with Crippen LogP contribution in [0.1, 0.15) is 35.4 Å². The van der Waals surface area contributed by atoms with Crippen LogP contribution in [-0.2, 0) is 12.8 Å². The molecule has 0 fully saturated rings. The van der Waals surface area contributed by atoms with Crippen molar-refractivity contribution in [3.05, 3.63) is 56.2 Å². The van der Waals surface area contributed by atoms with E-state index in [2.05, 4.69) is 63.9 Å². The molecule has 0 bridgehead atoms. The van der Waals surface area contributed by atoms with Crippen LogP contribution in [0.15, 0.2) is 40.2 Å². The summed E-state index contributed by atoms with van der Waals surface area (Å²) in [5, 5.41) is 5.94. The Labute approximate surface area is 133 Å². The van der Waals surface area contributed by atoms with Gasteiger partial charge in [0.15, 0.2) is 0 Å². The molecule has 1 aromatic heterocycles. The third kappa shape index (κ3) is 3.00. The molecule has 3 heteroatoms. The SMILES string of the molecule is CCCNC1c2ccccc2CC1Cc1cc(Br)cs1. The van der Waals surface area contributed by atoms with Gasteiger partial charge in [0.1, 0.15) is 0 Å². The Hall–Kier alpha value is -0.640. The molecule has 2 aromatic rings. The largest absolute Gasteiger partial charge is 0.310 e. The van der Waals surface area contributed by atoms with Crippen molar-refractivity contribution in [3.8, 4) is 0 Å². The summed E-state index contributed by atoms with van der Waals surface area (Å²) < 4.78 is 1.21. The van der Waals surface area contributed by atoms with Gasteiger partial charge in [0.05, 0.1) is 0 Å². The topological polar surface area (TPSA) is 12.0 Å². The first-order chi connectivity index (χ1) is 9.78. The highest BCUT2D eigenvalue weighted by Crippen LogP contribution is 2.39. The van der Waals surface area contributed by atoms with Crippen LogP contribution in [0.4, 0.5) is 0 Å². The Bertz CT molecular complexity index is 578. The summed E-state index contributed by atoms with van der Waals surface area (Å²) in [6.07, 6.45) is 3.56. The Morgan fingerprint density at radius 1 is 1.35 bits per heavy atom. The zero-order valence-electron chi connectivity index (χ0n) is 11.7. The van der Waals surface area contributed by atoms with Crippen molar-refractivity contribution < 1.29 is 0 Å². The van der Waals surface area contributed by atoms with E-state index in [-0.39, 0.29) is 0 Å². The Morgan fingerprint density at radius 3 is 2.95 bits per heavy atom. The minimum atomic E-state index is 0.520. The molecule has 1 aliphatic rings. The average molecular weight is 350 g/mol. The fourth-order valence-corrected chi connectivity index (χ4v) is 4.71. The number of nitrogens with one attached hydrogen (secondary N) is 1. The molecule has 0 radical (unpaired) electrons. The highest BCUT2D eigenvalue weighted by molar-refractivity contribution is 9.10. The van der Waals surface area contributed by atoms with Crippen molar-refractivity contribution in [3.63, 3.8) is 0 Å². The summed E-state index contributed by atoms with van der Waals surface area (Å²) in [4.78, 5) is 1.48. The van der Waals surface area contributed by atoms with Gasteiger partial charge in [-0.25, -0.2) is 0 Å². The fourth-order valence-electron chi connectivity index (χ4n) is 3.16. The quantitative estimate of drug-likeness (QED) is 0.803. The Morgan fingerprint density at radius 2 is 2.20 bits per heavy atom. The van der Waals surface area contributed by atoms with E-state index in [0.717, 1.165) is 6.54 Å². The minimum absolute atomic E-state index is 0.520. The number of fused-ring (bicyclic) bond motifs is 1. The summed E-state index contributed by atoms with van der Waals surface area (Å²) in [7, 11) is 0. The second-order valence-corrected chi connectivity index (χ2v) is 7.44. The van der Waals surface area contributed by atoms with Crippen LogP contribution in [0.25, 0.3) is 0 Å². The number of hydrogen-bond acceptors (Lipinski definition) is 2. The average Bonchev–Trinajstić information content (AvgIpc) is 3.00. The van der Waals surface area contributed by atoms with Crippen LogP contribution in [0.2, 0.25) is 0 Å². The standard InChI is InChI=1S/C17H20BrNS/c1-2-7-19-17-13(9-15-10-14(18)11-20-15)8-12-5-3-4-6-16(12)17/h3-6,10-11,13,17,19H,2,7-9H2,1H3.